The van der Waals surface area contributed by atoms with E-state index in [0.717, 1.165) is 6.54 Å². The van der Waals surface area contributed by atoms with Crippen LogP contribution in [0.1, 0.15) is 0 Å². The zero-order valence-electron chi connectivity index (χ0n) is 7.88. The minimum absolute atomic E-state index is 0.0441. The molecule has 1 aromatic carbocycles. The van der Waals surface area contributed by atoms with Gasteiger partial charge in [0, 0.05) is 18.7 Å². The summed E-state index contributed by atoms with van der Waals surface area (Å²) < 4.78 is 10.5. The van der Waals surface area contributed by atoms with Gasteiger partial charge >= 0.3 is 0 Å². The average Bonchev–Trinajstić information content (AvgIpc) is 2.71. The van der Waals surface area contributed by atoms with E-state index >= 15 is 0 Å². The molecular formula is C9H10N2O4. The summed E-state index contributed by atoms with van der Waals surface area (Å²) in [6, 6.07) is 5.87. The summed E-state index contributed by atoms with van der Waals surface area (Å²) in [6.45, 7) is 1.36. The van der Waals surface area contributed by atoms with Crippen LogP contribution in [0.2, 0.25) is 0 Å². The first-order chi connectivity index (χ1) is 7.25. The van der Waals surface area contributed by atoms with E-state index in [1.165, 1.54) is 12.1 Å². The highest BCUT2D eigenvalue weighted by Gasteiger charge is 2.16. The molecule has 1 aliphatic rings. The number of non-ortho nitro benzene ring substituents is 1. The minimum Gasteiger partial charge on any atom is -0.451 e. The van der Waals surface area contributed by atoms with Crippen LogP contribution in [0, 0.1) is 10.1 Å². The van der Waals surface area contributed by atoms with Crippen LogP contribution < -0.4 is 10.1 Å². The van der Waals surface area contributed by atoms with Crippen LogP contribution in [0.25, 0.3) is 0 Å². The molecule has 6 heteroatoms. The third-order valence-electron chi connectivity index (χ3n) is 1.97. The fraction of sp³-hybridized carbons (Fsp3) is 0.333. The molecule has 15 heavy (non-hydrogen) atoms. The smallest absolute Gasteiger partial charge is 0.269 e. The number of rotatable bonds is 3. The van der Waals surface area contributed by atoms with Gasteiger partial charge in [-0.2, -0.15) is 0 Å². The van der Waals surface area contributed by atoms with E-state index in [1.807, 2.05) is 0 Å². The summed E-state index contributed by atoms with van der Waals surface area (Å²) in [7, 11) is 0. The standard InChI is InChI=1S/C9H10N2O4/c12-11(13)7-1-3-8(4-2-7)15-9-10-5-6-14-9/h1-4,9-10H,5-6H2. The zero-order valence-corrected chi connectivity index (χ0v) is 7.88. The van der Waals surface area contributed by atoms with E-state index in [1.54, 1.807) is 12.1 Å². The summed E-state index contributed by atoms with van der Waals surface area (Å²) >= 11 is 0. The molecular weight excluding hydrogens is 200 g/mol. The van der Waals surface area contributed by atoms with Gasteiger partial charge in [0.25, 0.3) is 12.1 Å². The van der Waals surface area contributed by atoms with Gasteiger partial charge in [-0.25, -0.2) is 0 Å². The van der Waals surface area contributed by atoms with Crippen LogP contribution in [-0.2, 0) is 4.74 Å². The Balaban J connectivity index is 2.00. The van der Waals surface area contributed by atoms with Crippen molar-refractivity contribution in [2.75, 3.05) is 13.2 Å². The number of hydrogen-bond acceptors (Lipinski definition) is 5. The van der Waals surface area contributed by atoms with E-state index in [-0.39, 0.29) is 5.69 Å². The second-order valence-corrected chi connectivity index (χ2v) is 3.03. The third-order valence-corrected chi connectivity index (χ3v) is 1.97. The van der Waals surface area contributed by atoms with Gasteiger partial charge < -0.3 is 9.47 Å². The Bertz CT molecular complexity index is 346. The normalized spacial score (nSPS) is 20.1. The van der Waals surface area contributed by atoms with E-state index in [4.69, 9.17) is 9.47 Å². The van der Waals surface area contributed by atoms with Crippen LogP contribution in [-0.4, -0.2) is 24.5 Å². The SMILES string of the molecule is O=[N+]([O-])c1ccc(OC2NCCO2)cc1. The van der Waals surface area contributed by atoms with Gasteiger partial charge in [0.1, 0.15) is 5.75 Å². The van der Waals surface area contributed by atoms with Gasteiger partial charge in [-0.1, -0.05) is 0 Å². The Morgan fingerprint density at radius 1 is 1.47 bits per heavy atom. The molecule has 1 fully saturated rings. The lowest BCUT2D eigenvalue weighted by Crippen LogP contribution is -2.28. The van der Waals surface area contributed by atoms with Gasteiger partial charge in [-0.05, 0) is 12.1 Å². The summed E-state index contributed by atoms with van der Waals surface area (Å²) in [6.07, 6.45) is -0.452. The van der Waals surface area contributed by atoms with Crippen LogP contribution in [0.5, 0.6) is 5.75 Å². The number of benzene rings is 1. The quantitative estimate of drug-likeness (QED) is 0.592. The first-order valence-electron chi connectivity index (χ1n) is 4.52. The summed E-state index contributed by atoms with van der Waals surface area (Å²) in [5, 5.41) is 13.3. The lowest BCUT2D eigenvalue weighted by molar-refractivity contribution is -0.384. The van der Waals surface area contributed by atoms with Crippen molar-refractivity contribution in [2.45, 2.75) is 6.41 Å². The molecule has 0 radical (unpaired) electrons. The molecule has 0 aliphatic carbocycles. The van der Waals surface area contributed by atoms with Crippen molar-refractivity contribution in [1.82, 2.24) is 5.32 Å². The van der Waals surface area contributed by atoms with Crippen LogP contribution in [0.4, 0.5) is 5.69 Å². The molecule has 1 unspecified atom stereocenters. The van der Waals surface area contributed by atoms with Crippen molar-refractivity contribution in [1.29, 1.82) is 0 Å². The van der Waals surface area contributed by atoms with Crippen LogP contribution >= 0.6 is 0 Å². The zero-order chi connectivity index (χ0) is 10.7. The van der Waals surface area contributed by atoms with Crippen LogP contribution in [0.15, 0.2) is 24.3 Å². The molecule has 1 N–H and O–H groups in total. The molecule has 1 atom stereocenters. The number of nitro groups is 1. The van der Waals surface area contributed by atoms with Gasteiger partial charge in [0.05, 0.1) is 11.5 Å². The van der Waals surface area contributed by atoms with Crippen molar-refractivity contribution >= 4 is 5.69 Å². The fourth-order valence-corrected chi connectivity index (χ4v) is 1.25. The summed E-state index contributed by atoms with van der Waals surface area (Å²) in [4.78, 5) is 9.93. The Kier molecular flexibility index (Phi) is 2.79. The minimum atomic E-state index is -0.452. The van der Waals surface area contributed by atoms with Gasteiger partial charge in [-0.3, -0.25) is 15.4 Å². The molecule has 0 aromatic heterocycles. The first-order valence-corrected chi connectivity index (χ1v) is 4.52. The van der Waals surface area contributed by atoms with Gasteiger partial charge in [0.2, 0.25) is 0 Å². The summed E-state index contributed by atoms with van der Waals surface area (Å²) in [5.41, 5.74) is 0.0441. The molecule has 1 saturated heterocycles. The lowest BCUT2D eigenvalue weighted by Gasteiger charge is -2.11. The lowest BCUT2D eigenvalue weighted by atomic mass is 10.3. The molecule has 1 aliphatic heterocycles. The second-order valence-electron chi connectivity index (χ2n) is 3.03. The van der Waals surface area contributed by atoms with Gasteiger partial charge in [0.15, 0.2) is 0 Å². The van der Waals surface area contributed by atoms with E-state index < -0.39 is 11.3 Å². The highest BCUT2D eigenvalue weighted by Crippen LogP contribution is 2.18. The topological polar surface area (TPSA) is 73.6 Å². The Morgan fingerprint density at radius 3 is 2.73 bits per heavy atom. The average molecular weight is 210 g/mol. The maximum atomic E-state index is 10.4. The number of nitrogens with one attached hydrogen (secondary N) is 1. The largest absolute Gasteiger partial charge is 0.451 e. The molecule has 1 aromatic rings. The molecule has 0 saturated carbocycles. The van der Waals surface area contributed by atoms with E-state index in [2.05, 4.69) is 5.32 Å². The van der Waals surface area contributed by atoms with Crippen molar-refractivity contribution in [2.24, 2.45) is 0 Å². The molecule has 1 heterocycles. The maximum absolute atomic E-state index is 10.4. The number of nitro benzene ring substituents is 1. The Hall–Kier alpha value is -1.66. The monoisotopic (exact) mass is 210 g/mol. The fourth-order valence-electron chi connectivity index (χ4n) is 1.25. The highest BCUT2D eigenvalue weighted by atomic mass is 16.7. The van der Waals surface area contributed by atoms with Crippen molar-refractivity contribution < 1.29 is 14.4 Å². The maximum Gasteiger partial charge on any atom is 0.269 e. The van der Waals surface area contributed by atoms with Crippen molar-refractivity contribution in [3.8, 4) is 5.75 Å². The number of nitrogens with zero attached hydrogens (tertiary/aromatic N) is 1. The molecule has 80 valence electrons. The molecule has 0 bridgehead atoms. The highest BCUT2D eigenvalue weighted by molar-refractivity contribution is 5.35. The molecule has 6 nitrogen and oxygen atoms in total. The Labute approximate surface area is 86.0 Å². The number of hydrogen-bond donors (Lipinski definition) is 1. The third kappa shape index (κ3) is 2.42. The predicted octanol–water partition coefficient (Wildman–Crippen LogP) is 0.877. The second kappa shape index (κ2) is 4.24. The predicted molar refractivity (Wildman–Crippen MR) is 51.5 cm³/mol. The van der Waals surface area contributed by atoms with Crippen molar-refractivity contribution in [3.05, 3.63) is 34.4 Å². The Morgan fingerprint density at radius 2 is 2.20 bits per heavy atom. The first kappa shape index (κ1) is 9.88. The van der Waals surface area contributed by atoms with Crippen molar-refractivity contribution in [3.63, 3.8) is 0 Å². The summed E-state index contributed by atoms with van der Waals surface area (Å²) in [5.74, 6) is 0.542. The van der Waals surface area contributed by atoms with E-state index in [9.17, 15) is 10.1 Å². The van der Waals surface area contributed by atoms with Gasteiger partial charge in [-0.15, -0.1) is 0 Å². The number of ether oxygens (including phenoxy) is 2. The molecule has 0 amide bonds. The van der Waals surface area contributed by atoms with Crippen LogP contribution in [0.3, 0.4) is 0 Å². The van der Waals surface area contributed by atoms with E-state index in [0.29, 0.717) is 12.4 Å². The molecule has 2 rings (SSSR count). The molecule has 0 spiro atoms.